The molecule has 0 saturated heterocycles. The highest BCUT2D eigenvalue weighted by Gasteiger charge is 2.18. The van der Waals surface area contributed by atoms with Crippen molar-refractivity contribution in [3.8, 4) is 11.5 Å². The molecule has 0 saturated carbocycles. The Kier molecular flexibility index (Phi) is 4.37. The van der Waals surface area contributed by atoms with Crippen LogP contribution in [0.2, 0.25) is 0 Å². The van der Waals surface area contributed by atoms with Crippen molar-refractivity contribution in [3.63, 3.8) is 0 Å². The maximum absolute atomic E-state index is 11.2. The second kappa shape index (κ2) is 6.60. The second-order valence-electron chi connectivity index (χ2n) is 5.40. The van der Waals surface area contributed by atoms with Crippen LogP contribution in [0.5, 0.6) is 11.5 Å². The third-order valence-electron chi connectivity index (χ3n) is 3.63. The fraction of sp³-hybridized carbons (Fsp3) is 0.278. The first-order valence-electron chi connectivity index (χ1n) is 7.67. The van der Waals surface area contributed by atoms with E-state index in [2.05, 4.69) is 10.2 Å². The lowest BCUT2D eigenvalue weighted by Gasteiger charge is -2.31. The highest BCUT2D eigenvalue weighted by atomic mass is 16.5. The van der Waals surface area contributed by atoms with Crippen LogP contribution in [0.4, 0.5) is 11.4 Å². The average molecular weight is 312 g/mol. The van der Waals surface area contributed by atoms with E-state index in [0.717, 1.165) is 35.0 Å². The lowest BCUT2D eigenvalue weighted by molar-refractivity contribution is -0.114. The van der Waals surface area contributed by atoms with Gasteiger partial charge in [0.2, 0.25) is 5.91 Å². The number of amides is 1. The van der Waals surface area contributed by atoms with Gasteiger partial charge in [-0.05, 0) is 49.4 Å². The number of nitrogens with zero attached hydrogens (tertiary/aromatic N) is 1. The van der Waals surface area contributed by atoms with E-state index in [4.69, 9.17) is 9.47 Å². The van der Waals surface area contributed by atoms with Crippen LogP contribution < -0.4 is 19.7 Å². The van der Waals surface area contributed by atoms with Crippen LogP contribution in [0, 0.1) is 0 Å². The maximum Gasteiger partial charge on any atom is 0.221 e. The van der Waals surface area contributed by atoms with Gasteiger partial charge in [0.05, 0.1) is 6.61 Å². The molecule has 1 heterocycles. The Morgan fingerprint density at radius 1 is 1.26 bits per heavy atom. The fourth-order valence-corrected chi connectivity index (χ4v) is 2.61. The lowest BCUT2D eigenvalue weighted by Crippen LogP contribution is -2.31. The van der Waals surface area contributed by atoms with Crippen molar-refractivity contribution in [1.29, 1.82) is 0 Å². The minimum absolute atomic E-state index is 0.0787. The Bertz CT molecular complexity index is 698. The Balaban J connectivity index is 1.77. The number of ether oxygens (including phenoxy) is 2. The normalized spacial score (nSPS) is 13.0. The summed E-state index contributed by atoms with van der Waals surface area (Å²) in [6.45, 7) is 5.36. The van der Waals surface area contributed by atoms with Crippen LogP contribution >= 0.6 is 0 Å². The van der Waals surface area contributed by atoms with E-state index in [0.29, 0.717) is 13.3 Å². The number of rotatable bonds is 4. The summed E-state index contributed by atoms with van der Waals surface area (Å²) >= 11 is 0. The van der Waals surface area contributed by atoms with Gasteiger partial charge in [-0.25, -0.2) is 0 Å². The zero-order valence-electron chi connectivity index (χ0n) is 13.3. The molecule has 1 aliphatic rings. The molecule has 120 valence electrons. The predicted molar refractivity (Wildman–Crippen MR) is 90.0 cm³/mol. The number of carbonyl (C=O) groups excluding carboxylic acids is 1. The largest absolute Gasteiger partial charge is 0.494 e. The minimum atomic E-state index is -0.0787. The number of anilines is 2. The summed E-state index contributed by atoms with van der Waals surface area (Å²) in [6, 6.07) is 13.7. The first-order valence-corrected chi connectivity index (χ1v) is 7.67. The van der Waals surface area contributed by atoms with Crippen LogP contribution in [0.1, 0.15) is 19.4 Å². The summed E-state index contributed by atoms with van der Waals surface area (Å²) in [5.41, 5.74) is 2.91. The molecule has 1 amide bonds. The number of fused-ring (bicyclic) bond motifs is 1. The molecule has 5 nitrogen and oxygen atoms in total. The molecule has 0 fully saturated rings. The molecule has 0 spiro atoms. The summed E-state index contributed by atoms with van der Waals surface area (Å²) < 4.78 is 11.3. The molecule has 3 rings (SSSR count). The Morgan fingerprint density at radius 2 is 2.04 bits per heavy atom. The van der Waals surface area contributed by atoms with E-state index in [1.807, 2.05) is 49.4 Å². The molecule has 23 heavy (non-hydrogen) atoms. The van der Waals surface area contributed by atoms with Crippen molar-refractivity contribution in [2.45, 2.75) is 20.4 Å². The SMILES string of the molecule is CCOc1ccc(N2COc3ccc(NC(C)=O)cc3C2)cc1. The van der Waals surface area contributed by atoms with Crippen molar-refractivity contribution in [3.05, 3.63) is 48.0 Å². The van der Waals surface area contributed by atoms with Gasteiger partial charge in [0.25, 0.3) is 0 Å². The average Bonchev–Trinajstić information content (AvgIpc) is 2.55. The summed E-state index contributed by atoms with van der Waals surface area (Å²) in [5, 5.41) is 2.80. The Labute approximate surface area is 135 Å². The number of hydrogen-bond acceptors (Lipinski definition) is 4. The molecule has 0 radical (unpaired) electrons. The van der Waals surface area contributed by atoms with Crippen molar-refractivity contribution in [2.75, 3.05) is 23.6 Å². The summed E-state index contributed by atoms with van der Waals surface area (Å²) in [5.74, 6) is 1.65. The van der Waals surface area contributed by atoms with Gasteiger partial charge in [-0.2, -0.15) is 0 Å². The molecule has 5 heteroatoms. The Hall–Kier alpha value is -2.69. The quantitative estimate of drug-likeness (QED) is 0.940. The lowest BCUT2D eigenvalue weighted by atomic mass is 10.1. The van der Waals surface area contributed by atoms with Crippen molar-refractivity contribution in [2.24, 2.45) is 0 Å². The summed E-state index contributed by atoms with van der Waals surface area (Å²) in [6.07, 6.45) is 0. The van der Waals surface area contributed by atoms with Gasteiger partial charge in [0.1, 0.15) is 11.5 Å². The highest BCUT2D eigenvalue weighted by Crippen LogP contribution is 2.31. The molecule has 1 N–H and O–H groups in total. The fourth-order valence-electron chi connectivity index (χ4n) is 2.61. The first-order chi connectivity index (χ1) is 11.2. The van der Waals surface area contributed by atoms with Crippen LogP contribution in [-0.4, -0.2) is 19.2 Å². The zero-order valence-corrected chi connectivity index (χ0v) is 13.3. The number of carbonyl (C=O) groups is 1. The zero-order chi connectivity index (χ0) is 16.2. The van der Waals surface area contributed by atoms with Gasteiger partial charge in [-0.15, -0.1) is 0 Å². The smallest absolute Gasteiger partial charge is 0.221 e. The highest BCUT2D eigenvalue weighted by molar-refractivity contribution is 5.88. The molecule has 0 unspecified atom stereocenters. The van der Waals surface area contributed by atoms with Gasteiger partial charge in [0, 0.05) is 30.4 Å². The van der Waals surface area contributed by atoms with Crippen LogP contribution in [0.15, 0.2) is 42.5 Å². The molecule has 0 aromatic heterocycles. The maximum atomic E-state index is 11.2. The molecule has 2 aromatic carbocycles. The van der Waals surface area contributed by atoms with Gasteiger partial charge in [-0.1, -0.05) is 0 Å². The predicted octanol–water partition coefficient (Wildman–Crippen LogP) is 3.40. The monoisotopic (exact) mass is 312 g/mol. The van der Waals surface area contributed by atoms with E-state index in [1.54, 1.807) is 0 Å². The third kappa shape index (κ3) is 3.56. The van der Waals surface area contributed by atoms with E-state index < -0.39 is 0 Å². The van der Waals surface area contributed by atoms with Crippen molar-refractivity contribution < 1.29 is 14.3 Å². The summed E-state index contributed by atoms with van der Waals surface area (Å²) in [4.78, 5) is 13.3. The van der Waals surface area contributed by atoms with Gasteiger partial charge >= 0.3 is 0 Å². The molecule has 0 atom stereocenters. The molecular weight excluding hydrogens is 292 g/mol. The third-order valence-corrected chi connectivity index (χ3v) is 3.63. The van der Waals surface area contributed by atoms with E-state index >= 15 is 0 Å². The second-order valence-corrected chi connectivity index (χ2v) is 5.40. The number of nitrogens with one attached hydrogen (secondary N) is 1. The van der Waals surface area contributed by atoms with E-state index in [1.165, 1.54) is 6.92 Å². The summed E-state index contributed by atoms with van der Waals surface area (Å²) in [7, 11) is 0. The van der Waals surface area contributed by atoms with Gasteiger partial charge in [-0.3, -0.25) is 4.79 Å². The standard InChI is InChI=1S/C18H20N2O3/c1-3-22-17-7-5-16(6-8-17)20-11-14-10-15(19-13(2)21)4-9-18(14)23-12-20/h4-10H,3,11-12H2,1-2H3,(H,19,21). The molecule has 0 bridgehead atoms. The number of benzene rings is 2. The first kappa shape index (κ1) is 15.2. The van der Waals surface area contributed by atoms with Gasteiger partial charge in [0.15, 0.2) is 6.73 Å². The molecular formula is C18H20N2O3. The van der Waals surface area contributed by atoms with Crippen molar-refractivity contribution >= 4 is 17.3 Å². The molecule has 2 aromatic rings. The van der Waals surface area contributed by atoms with Crippen LogP contribution in [0.3, 0.4) is 0 Å². The molecule has 1 aliphatic heterocycles. The minimum Gasteiger partial charge on any atom is -0.494 e. The van der Waals surface area contributed by atoms with Gasteiger partial charge < -0.3 is 19.7 Å². The molecule has 0 aliphatic carbocycles. The van der Waals surface area contributed by atoms with E-state index in [-0.39, 0.29) is 5.91 Å². The van der Waals surface area contributed by atoms with Crippen LogP contribution in [0.25, 0.3) is 0 Å². The van der Waals surface area contributed by atoms with E-state index in [9.17, 15) is 4.79 Å². The van der Waals surface area contributed by atoms with Crippen LogP contribution in [-0.2, 0) is 11.3 Å². The topological polar surface area (TPSA) is 50.8 Å². The van der Waals surface area contributed by atoms with Crippen molar-refractivity contribution in [1.82, 2.24) is 0 Å². The number of hydrogen-bond donors (Lipinski definition) is 1. The Morgan fingerprint density at radius 3 is 2.74 bits per heavy atom.